The van der Waals surface area contributed by atoms with Crippen LogP contribution in [0.2, 0.25) is 0 Å². The fraction of sp³-hybridized carbons (Fsp3) is 0.409. The van der Waals surface area contributed by atoms with Gasteiger partial charge in [0.15, 0.2) is 0 Å². The minimum absolute atomic E-state index is 0.110. The topological polar surface area (TPSA) is 29.5 Å². The van der Waals surface area contributed by atoms with Crippen LogP contribution in [0, 0.1) is 0 Å². The van der Waals surface area contributed by atoms with Crippen LogP contribution in [0.25, 0.3) is 0 Å². The van der Waals surface area contributed by atoms with Crippen molar-refractivity contribution in [1.82, 2.24) is 4.90 Å². The molecule has 3 heteroatoms. The molecule has 25 heavy (non-hydrogen) atoms. The predicted molar refractivity (Wildman–Crippen MR) is 100 cm³/mol. The van der Waals surface area contributed by atoms with Gasteiger partial charge in [-0.25, -0.2) is 0 Å². The second-order valence-corrected chi connectivity index (χ2v) is 6.77. The molecule has 132 valence electrons. The van der Waals surface area contributed by atoms with Crippen LogP contribution in [0.1, 0.15) is 37.3 Å². The Morgan fingerprint density at radius 1 is 1.00 bits per heavy atom. The van der Waals surface area contributed by atoms with E-state index < -0.39 is 5.60 Å². The third kappa shape index (κ3) is 4.49. The Balaban J connectivity index is 1.64. The van der Waals surface area contributed by atoms with Crippen molar-refractivity contribution in [1.29, 1.82) is 0 Å². The number of carbonyl (C=O) groups is 1. The Kier molecular flexibility index (Phi) is 5.87. The number of hydrogen-bond donors (Lipinski definition) is 0. The van der Waals surface area contributed by atoms with E-state index in [0.717, 1.165) is 44.5 Å². The lowest BCUT2D eigenvalue weighted by atomic mass is 9.84. The number of benzene rings is 2. The number of nitrogens with zero attached hydrogens (tertiary/aromatic N) is 1. The third-order valence-electron chi connectivity index (χ3n) is 5.12. The Bertz CT molecular complexity index is 661. The molecule has 0 aromatic heterocycles. The van der Waals surface area contributed by atoms with E-state index in [1.165, 1.54) is 5.56 Å². The maximum Gasteiger partial charge on any atom is 0.306 e. The Morgan fingerprint density at radius 2 is 1.60 bits per heavy atom. The van der Waals surface area contributed by atoms with Gasteiger partial charge in [-0.05, 0) is 17.5 Å². The van der Waals surface area contributed by atoms with E-state index in [9.17, 15) is 4.79 Å². The molecule has 1 heterocycles. The van der Waals surface area contributed by atoms with Crippen molar-refractivity contribution in [2.45, 2.75) is 38.2 Å². The molecule has 3 nitrogen and oxygen atoms in total. The monoisotopic (exact) mass is 337 g/mol. The molecule has 0 bridgehead atoms. The van der Waals surface area contributed by atoms with Crippen molar-refractivity contribution in [3.05, 3.63) is 71.8 Å². The Morgan fingerprint density at radius 3 is 2.20 bits per heavy atom. The van der Waals surface area contributed by atoms with Gasteiger partial charge < -0.3 is 9.64 Å². The molecule has 0 saturated carbocycles. The standard InChI is InChI=1S/C22H27NO2/c1-2-21(24)25-22(20-11-7-4-8-12-20)14-17-23(18-15-22)16-13-19-9-5-3-6-10-19/h3-12H,2,13-18H2,1H3. The fourth-order valence-electron chi connectivity index (χ4n) is 3.55. The van der Waals surface area contributed by atoms with Crippen molar-refractivity contribution < 1.29 is 9.53 Å². The van der Waals surface area contributed by atoms with Gasteiger partial charge in [-0.2, -0.15) is 0 Å². The molecular weight excluding hydrogens is 310 g/mol. The van der Waals surface area contributed by atoms with Gasteiger partial charge in [0.05, 0.1) is 0 Å². The first-order chi connectivity index (χ1) is 12.2. The third-order valence-corrected chi connectivity index (χ3v) is 5.12. The number of ether oxygens (including phenoxy) is 1. The maximum atomic E-state index is 12.0. The van der Waals surface area contributed by atoms with E-state index in [0.29, 0.717) is 6.42 Å². The lowest BCUT2D eigenvalue weighted by Crippen LogP contribution is -2.45. The van der Waals surface area contributed by atoms with Gasteiger partial charge in [0.2, 0.25) is 0 Å². The van der Waals surface area contributed by atoms with E-state index >= 15 is 0 Å². The van der Waals surface area contributed by atoms with Crippen molar-refractivity contribution in [3.8, 4) is 0 Å². The van der Waals surface area contributed by atoms with E-state index in [-0.39, 0.29) is 5.97 Å². The minimum atomic E-state index is -0.461. The lowest BCUT2D eigenvalue weighted by molar-refractivity contribution is -0.166. The summed E-state index contributed by atoms with van der Waals surface area (Å²) >= 11 is 0. The van der Waals surface area contributed by atoms with E-state index in [4.69, 9.17) is 4.74 Å². The smallest absolute Gasteiger partial charge is 0.306 e. The molecule has 1 saturated heterocycles. The average molecular weight is 337 g/mol. The molecule has 1 aliphatic heterocycles. The summed E-state index contributed by atoms with van der Waals surface area (Å²) in [6.45, 7) is 4.82. The minimum Gasteiger partial charge on any atom is -0.454 e. The number of esters is 1. The zero-order valence-electron chi connectivity index (χ0n) is 15.0. The SMILES string of the molecule is CCC(=O)OC1(c2ccccc2)CCN(CCc2ccccc2)CC1. The highest BCUT2D eigenvalue weighted by Crippen LogP contribution is 2.37. The van der Waals surface area contributed by atoms with Crippen molar-refractivity contribution >= 4 is 5.97 Å². The molecule has 0 unspecified atom stereocenters. The largest absolute Gasteiger partial charge is 0.454 e. The van der Waals surface area contributed by atoms with E-state index in [2.05, 4.69) is 47.4 Å². The highest BCUT2D eigenvalue weighted by molar-refractivity contribution is 5.69. The van der Waals surface area contributed by atoms with E-state index in [1.807, 2.05) is 25.1 Å². The summed E-state index contributed by atoms with van der Waals surface area (Å²) in [4.78, 5) is 14.5. The summed E-state index contributed by atoms with van der Waals surface area (Å²) in [6, 6.07) is 20.8. The van der Waals surface area contributed by atoms with Crippen LogP contribution in [0.5, 0.6) is 0 Å². The summed E-state index contributed by atoms with van der Waals surface area (Å²) in [6.07, 6.45) is 3.20. The average Bonchev–Trinajstić information content (AvgIpc) is 2.69. The molecule has 0 spiro atoms. The molecule has 1 fully saturated rings. The van der Waals surface area contributed by atoms with Crippen molar-refractivity contribution in [3.63, 3.8) is 0 Å². The molecule has 2 aromatic rings. The summed E-state index contributed by atoms with van der Waals surface area (Å²) in [7, 11) is 0. The van der Waals surface area contributed by atoms with Crippen LogP contribution in [-0.2, 0) is 21.6 Å². The predicted octanol–water partition coefficient (Wildman–Crippen LogP) is 4.17. The Hall–Kier alpha value is -2.13. The van der Waals surface area contributed by atoms with Crippen LogP contribution in [0.15, 0.2) is 60.7 Å². The first-order valence-corrected chi connectivity index (χ1v) is 9.25. The first-order valence-electron chi connectivity index (χ1n) is 9.25. The quantitative estimate of drug-likeness (QED) is 0.741. The molecule has 2 aromatic carbocycles. The van der Waals surface area contributed by atoms with Gasteiger partial charge in [0.1, 0.15) is 5.60 Å². The first kappa shape index (κ1) is 17.7. The zero-order valence-corrected chi connectivity index (χ0v) is 15.0. The van der Waals surface area contributed by atoms with Crippen molar-refractivity contribution in [2.24, 2.45) is 0 Å². The summed E-state index contributed by atoms with van der Waals surface area (Å²) < 4.78 is 5.96. The van der Waals surface area contributed by atoms with Crippen LogP contribution in [-0.4, -0.2) is 30.5 Å². The number of likely N-dealkylation sites (tertiary alicyclic amines) is 1. The van der Waals surface area contributed by atoms with Gasteiger partial charge in [-0.15, -0.1) is 0 Å². The lowest BCUT2D eigenvalue weighted by Gasteiger charge is -2.41. The van der Waals surface area contributed by atoms with Gasteiger partial charge in [0, 0.05) is 38.9 Å². The van der Waals surface area contributed by atoms with Crippen LogP contribution in [0.3, 0.4) is 0 Å². The second-order valence-electron chi connectivity index (χ2n) is 6.77. The van der Waals surface area contributed by atoms with Crippen LogP contribution < -0.4 is 0 Å². The molecule has 0 atom stereocenters. The van der Waals surface area contributed by atoms with Gasteiger partial charge in [-0.1, -0.05) is 67.6 Å². The number of carbonyl (C=O) groups excluding carboxylic acids is 1. The summed E-state index contributed by atoms with van der Waals surface area (Å²) in [5.41, 5.74) is 2.04. The molecular formula is C22H27NO2. The molecule has 0 N–H and O–H groups in total. The Labute approximate surface area is 150 Å². The van der Waals surface area contributed by atoms with Crippen LogP contribution in [0.4, 0.5) is 0 Å². The van der Waals surface area contributed by atoms with Gasteiger partial charge in [-0.3, -0.25) is 4.79 Å². The zero-order chi connectivity index (χ0) is 17.5. The number of rotatable bonds is 6. The van der Waals surface area contributed by atoms with Gasteiger partial charge in [0.25, 0.3) is 0 Å². The number of piperidine rings is 1. The molecule has 0 aliphatic carbocycles. The fourth-order valence-corrected chi connectivity index (χ4v) is 3.55. The second kappa shape index (κ2) is 8.30. The summed E-state index contributed by atoms with van der Waals surface area (Å²) in [5, 5.41) is 0. The normalized spacial score (nSPS) is 17.2. The molecule has 3 rings (SSSR count). The highest BCUT2D eigenvalue weighted by atomic mass is 16.6. The molecule has 0 amide bonds. The van der Waals surface area contributed by atoms with E-state index in [1.54, 1.807) is 0 Å². The molecule has 1 aliphatic rings. The summed E-state index contributed by atoms with van der Waals surface area (Å²) in [5.74, 6) is -0.110. The van der Waals surface area contributed by atoms with Gasteiger partial charge >= 0.3 is 5.97 Å². The maximum absolute atomic E-state index is 12.0. The molecule has 0 radical (unpaired) electrons. The number of hydrogen-bond acceptors (Lipinski definition) is 3. The van der Waals surface area contributed by atoms with Crippen LogP contribution >= 0.6 is 0 Å². The van der Waals surface area contributed by atoms with Crippen molar-refractivity contribution in [2.75, 3.05) is 19.6 Å². The highest BCUT2D eigenvalue weighted by Gasteiger charge is 2.39.